The predicted octanol–water partition coefficient (Wildman–Crippen LogP) is 3.72. The second-order valence-corrected chi connectivity index (χ2v) is 7.18. The van der Waals surface area contributed by atoms with E-state index in [1.165, 1.54) is 0 Å². The minimum atomic E-state index is -0.495. The van der Waals surface area contributed by atoms with Gasteiger partial charge < -0.3 is 19.7 Å². The van der Waals surface area contributed by atoms with Crippen molar-refractivity contribution < 1.29 is 19.1 Å². The number of benzene rings is 2. The third-order valence-electron chi connectivity index (χ3n) is 4.93. The molecule has 0 saturated heterocycles. The monoisotopic (exact) mass is 412 g/mol. The summed E-state index contributed by atoms with van der Waals surface area (Å²) in [6.07, 6.45) is 1.44. The number of ether oxygens (including phenoxy) is 2. The lowest BCUT2D eigenvalue weighted by molar-refractivity contribution is -0.141. The number of hydrogen-bond donors (Lipinski definition) is 1. The summed E-state index contributed by atoms with van der Waals surface area (Å²) in [6, 6.07) is 14.9. The molecule has 0 heterocycles. The Bertz CT molecular complexity index is 820. The highest BCUT2D eigenvalue weighted by Gasteiger charge is 2.27. The van der Waals surface area contributed by atoms with Crippen LogP contribution in [-0.2, 0) is 16.1 Å². The fourth-order valence-electron chi connectivity index (χ4n) is 3.32. The van der Waals surface area contributed by atoms with Gasteiger partial charge in [-0.3, -0.25) is 9.59 Å². The van der Waals surface area contributed by atoms with Crippen molar-refractivity contribution in [3.63, 3.8) is 0 Å². The van der Waals surface area contributed by atoms with Crippen molar-refractivity contribution in [3.8, 4) is 11.5 Å². The molecular formula is C24H32N2O4. The van der Waals surface area contributed by atoms with Crippen LogP contribution in [0, 0.1) is 6.92 Å². The second kappa shape index (κ2) is 11.9. The maximum absolute atomic E-state index is 13.0. The molecule has 0 radical (unpaired) electrons. The van der Waals surface area contributed by atoms with Crippen molar-refractivity contribution in [2.75, 3.05) is 20.8 Å². The molecule has 0 aromatic heterocycles. The van der Waals surface area contributed by atoms with Crippen LogP contribution in [0.1, 0.15) is 37.3 Å². The van der Waals surface area contributed by atoms with E-state index in [0.717, 1.165) is 22.6 Å². The number of likely N-dealkylation sites (N-methyl/N-ethyl adjacent to an activating group) is 1. The number of carbonyl (C=O) groups is 2. The summed E-state index contributed by atoms with van der Waals surface area (Å²) in [5, 5.41) is 2.68. The minimum absolute atomic E-state index is 0.0507. The van der Waals surface area contributed by atoms with Gasteiger partial charge in [-0.2, -0.15) is 0 Å². The average molecular weight is 413 g/mol. The van der Waals surface area contributed by atoms with E-state index in [9.17, 15) is 9.59 Å². The zero-order chi connectivity index (χ0) is 21.9. The van der Waals surface area contributed by atoms with Crippen LogP contribution in [-0.4, -0.2) is 43.5 Å². The summed E-state index contributed by atoms with van der Waals surface area (Å²) in [5.41, 5.74) is 2.14. The zero-order valence-corrected chi connectivity index (χ0v) is 18.3. The fraction of sp³-hybridized carbons (Fsp3) is 0.417. The van der Waals surface area contributed by atoms with Crippen molar-refractivity contribution in [3.05, 3.63) is 59.7 Å². The summed E-state index contributed by atoms with van der Waals surface area (Å²) in [7, 11) is 3.22. The predicted molar refractivity (Wildman–Crippen MR) is 118 cm³/mol. The molecule has 0 aliphatic heterocycles. The van der Waals surface area contributed by atoms with Crippen LogP contribution in [0.4, 0.5) is 0 Å². The smallest absolute Gasteiger partial charge is 0.242 e. The molecule has 1 N–H and O–H groups in total. The Morgan fingerprint density at radius 3 is 2.40 bits per heavy atom. The van der Waals surface area contributed by atoms with E-state index < -0.39 is 6.04 Å². The number of amides is 2. The molecule has 0 fully saturated rings. The number of nitrogens with one attached hydrogen (secondary N) is 1. The van der Waals surface area contributed by atoms with Crippen LogP contribution in [0.2, 0.25) is 0 Å². The first-order valence-corrected chi connectivity index (χ1v) is 10.3. The van der Waals surface area contributed by atoms with E-state index in [2.05, 4.69) is 5.32 Å². The van der Waals surface area contributed by atoms with E-state index >= 15 is 0 Å². The fourth-order valence-corrected chi connectivity index (χ4v) is 3.32. The van der Waals surface area contributed by atoms with Crippen molar-refractivity contribution in [2.24, 2.45) is 0 Å². The van der Waals surface area contributed by atoms with Crippen LogP contribution < -0.4 is 14.8 Å². The second-order valence-electron chi connectivity index (χ2n) is 7.18. The lowest BCUT2D eigenvalue weighted by Crippen LogP contribution is -2.48. The first-order chi connectivity index (χ1) is 14.5. The van der Waals surface area contributed by atoms with Crippen LogP contribution in [0.5, 0.6) is 11.5 Å². The maximum Gasteiger partial charge on any atom is 0.242 e. The Labute approximate surface area is 179 Å². The van der Waals surface area contributed by atoms with Crippen molar-refractivity contribution >= 4 is 11.8 Å². The van der Waals surface area contributed by atoms with Gasteiger partial charge >= 0.3 is 0 Å². The van der Waals surface area contributed by atoms with Crippen molar-refractivity contribution in [1.82, 2.24) is 10.2 Å². The Kier molecular flexibility index (Phi) is 9.19. The van der Waals surface area contributed by atoms with E-state index in [0.29, 0.717) is 32.4 Å². The molecule has 2 rings (SSSR count). The molecule has 0 spiro atoms. The molecule has 6 nitrogen and oxygen atoms in total. The van der Waals surface area contributed by atoms with Gasteiger partial charge in [-0.25, -0.2) is 0 Å². The largest absolute Gasteiger partial charge is 0.497 e. The summed E-state index contributed by atoms with van der Waals surface area (Å²) in [5.74, 6) is 1.30. The highest BCUT2D eigenvalue weighted by atomic mass is 16.5. The molecule has 0 aliphatic rings. The Hall–Kier alpha value is -3.02. The zero-order valence-electron chi connectivity index (χ0n) is 18.3. The highest BCUT2D eigenvalue weighted by Crippen LogP contribution is 2.18. The third kappa shape index (κ3) is 6.79. The molecule has 6 heteroatoms. The van der Waals surface area contributed by atoms with E-state index in [1.54, 1.807) is 19.1 Å². The van der Waals surface area contributed by atoms with Gasteiger partial charge in [0, 0.05) is 20.0 Å². The van der Waals surface area contributed by atoms with Gasteiger partial charge in [0.1, 0.15) is 17.5 Å². The van der Waals surface area contributed by atoms with Gasteiger partial charge in [0.15, 0.2) is 0 Å². The summed E-state index contributed by atoms with van der Waals surface area (Å²) >= 11 is 0. The van der Waals surface area contributed by atoms with Gasteiger partial charge in [0.05, 0.1) is 13.7 Å². The van der Waals surface area contributed by atoms with Crippen LogP contribution in [0.3, 0.4) is 0 Å². The number of rotatable bonds is 11. The van der Waals surface area contributed by atoms with Crippen molar-refractivity contribution in [2.45, 2.75) is 45.7 Å². The normalized spacial score (nSPS) is 11.5. The van der Waals surface area contributed by atoms with Crippen LogP contribution >= 0.6 is 0 Å². The molecule has 2 aromatic carbocycles. The molecule has 2 amide bonds. The standard InChI is InChI=1S/C24H32N2O4/c1-5-22(24(28)25-3)26(17-19-9-6-8-18(2)16-19)23(27)10-7-15-30-21-13-11-20(29-4)12-14-21/h6,8-9,11-14,16,22H,5,7,10,15,17H2,1-4H3,(H,25,28). The third-order valence-corrected chi connectivity index (χ3v) is 4.93. The van der Waals surface area contributed by atoms with E-state index in [1.807, 2.05) is 62.4 Å². The number of aryl methyl sites for hydroxylation is 1. The van der Waals surface area contributed by atoms with Crippen LogP contribution in [0.25, 0.3) is 0 Å². The molecule has 0 saturated carbocycles. The molecular weight excluding hydrogens is 380 g/mol. The summed E-state index contributed by atoms with van der Waals surface area (Å²) in [4.78, 5) is 27.1. The van der Waals surface area contributed by atoms with Gasteiger partial charge in [-0.1, -0.05) is 36.8 Å². The first kappa shape index (κ1) is 23.3. The number of methoxy groups -OCH3 is 1. The average Bonchev–Trinajstić information content (AvgIpc) is 2.76. The molecule has 0 aliphatic carbocycles. The lowest BCUT2D eigenvalue weighted by Gasteiger charge is -2.30. The van der Waals surface area contributed by atoms with Gasteiger partial charge in [0.25, 0.3) is 0 Å². The number of hydrogen-bond acceptors (Lipinski definition) is 4. The van der Waals surface area contributed by atoms with Crippen molar-refractivity contribution in [1.29, 1.82) is 0 Å². The molecule has 30 heavy (non-hydrogen) atoms. The first-order valence-electron chi connectivity index (χ1n) is 10.3. The number of nitrogens with zero attached hydrogens (tertiary/aromatic N) is 1. The van der Waals surface area contributed by atoms with Crippen LogP contribution in [0.15, 0.2) is 48.5 Å². The summed E-state index contributed by atoms with van der Waals surface area (Å²) < 4.78 is 10.9. The molecule has 162 valence electrons. The van der Waals surface area contributed by atoms with Gasteiger partial charge in [-0.15, -0.1) is 0 Å². The molecule has 1 unspecified atom stereocenters. The maximum atomic E-state index is 13.0. The number of carbonyl (C=O) groups excluding carboxylic acids is 2. The highest BCUT2D eigenvalue weighted by molar-refractivity contribution is 5.87. The SMILES string of the molecule is CCC(C(=O)NC)N(Cc1cccc(C)c1)C(=O)CCCOc1ccc(OC)cc1. The van der Waals surface area contributed by atoms with Gasteiger partial charge in [0.2, 0.25) is 11.8 Å². The minimum Gasteiger partial charge on any atom is -0.497 e. The van der Waals surface area contributed by atoms with Gasteiger partial charge in [-0.05, 0) is 49.6 Å². The van der Waals surface area contributed by atoms with E-state index in [-0.39, 0.29) is 11.8 Å². The molecule has 0 bridgehead atoms. The Morgan fingerprint density at radius 2 is 1.80 bits per heavy atom. The quantitative estimate of drug-likeness (QED) is 0.571. The molecule has 2 aromatic rings. The Morgan fingerprint density at radius 1 is 1.10 bits per heavy atom. The lowest BCUT2D eigenvalue weighted by atomic mass is 10.1. The Balaban J connectivity index is 1.99. The molecule has 1 atom stereocenters. The van der Waals surface area contributed by atoms with E-state index in [4.69, 9.17) is 9.47 Å². The topological polar surface area (TPSA) is 67.9 Å². The summed E-state index contributed by atoms with van der Waals surface area (Å²) in [6.45, 7) is 4.77.